The van der Waals surface area contributed by atoms with Gasteiger partial charge in [-0.15, -0.1) is 0 Å². The standard InChI is InChI=1S/C28H29NO5/c1-16-14-29-28(32-4)17(2)27(16)23-7-5-6-22-21(23)10-11-24(22)34-19-8-9-20-18(12-26(30)31-3)15-33-25(20)13-19/h5-9,13-14,18,24H,10-12,15H2,1-4H3/t18-,24-/m1/s1. The second kappa shape index (κ2) is 9.01. The number of hydrogen-bond donors (Lipinski definition) is 0. The van der Waals surface area contributed by atoms with E-state index < -0.39 is 0 Å². The van der Waals surface area contributed by atoms with Crippen LogP contribution in [0.5, 0.6) is 17.4 Å². The molecule has 2 aliphatic rings. The number of hydrogen-bond acceptors (Lipinski definition) is 6. The van der Waals surface area contributed by atoms with Gasteiger partial charge in [0, 0.05) is 29.3 Å². The van der Waals surface area contributed by atoms with Crippen molar-refractivity contribution in [2.45, 2.75) is 45.1 Å². The molecular formula is C28H29NO5. The lowest BCUT2D eigenvalue weighted by Crippen LogP contribution is -2.09. The predicted octanol–water partition coefficient (Wildman–Crippen LogP) is 5.48. The molecule has 1 aliphatic carbocycles. The van der Waals surface area contributed by atoms with Crippen LogP contribution in [0.1, 0.15) is 52.7 Å². The molecule has 1 aliphatic heterocycles. The Balaban J connectivity index is 1.41. The minimum atomic E-state index is -0.225. The van der Waals surface area contributed by atoms with Gasteiger partial charge >= 0.3 is 5.97 Å². The Morgan fingerprint density at radius 1 is 1.15 bits per heavy atom. The normalized spacial score (nSPS) is 18.1. The number of pyridine rings is 1. The topological polar surface area (TPSA) is 66.9 Å². The first-order chi connectivity index (χ1) is 16.5. The molecule has 2 atom stereocenters. The Bertz CT molecular complexity index is 1250. The zero-order valence-corrected chi connectivity index (χ0v) is 20.0. The van der Waals surface area contributed by atoms with Crippen LogP contribution in [0.25, 0.3) is 11.1 Å². The van der Waals surface area contributed by atoms with Crippen molar-refractivity contribution < 1.29 is 23.7 Å². The van der Waals surface area contributed by atoms with Crippen LogP contribution >= 0.6 is 0 Å². The Morgan fingerprint density at radius 2 is 2.00 bits per heavy atom. The van der Waals surface area contributed by atoms with Crippen molar-refractivity contribution in [1.82, 2.24) is 4.98 Å². The molecule has 1 aromatic heterocycles. The second-order valence-electron chi connectivity index (χ2n) is 8.96. The number of aryl methyl sites for hydroxylation is 1. The number of benzene rings is 2. The highest BCUT2D eigenvalue weighted by Crippen LogP contribution is 2.44. The van der Waals surface area contributed by atoms with Gasteiger partial charge in [-0.3, -0.25) is 4.79 Å². The summed E-state index contributed by atoms with van der Waals surface area (Å²) in [5.74, 6) is 2.02. The number of carbonyl (C=O) groups excluding carboxylic acids is 1. The van der Waals surface area contributed by atoms with Crippen LogP contribution in [-0.2, 0) is 16.0 Å². The number of ether oxygens (including phenoxy) is 4. The van der Waals surface area contributed by atoms with E-state index in [1.165, 1.54) is 29.4 Å². The fourth-order valence-electron chi connectivity index (χ4n) is 5.26. The smallest absolute Gasteiger partial charge is 0.306 e. The van der Waals surface area contributed by atoms with Gasteiger partial charge in [0.05, 0.1) is 27.2 Å². The molecule has 2 heterocycles. The summed E-state index contributed by atoms with van der Waals surface area (Å²) in [7, 11) is 3.07. The van der Waals surface area contributed by atoms with Crippen LogP contribution < -0.4 is 14.2 Å². The molecule has 0 spiro atoms. The molecule has 176 valence electrons. The molecule has 0 saturated heterocycles. The molecule has 0 N–H and O–H groups in total. The fraction of sp³-hybridized carbons (Fsp3) is 0.357. The highest BCUT2D eigenvalue weighted by atomic mass is 16.5. The SMILES string of the molecule is COC(=O)C[C@@H]1COc2cc(O[C@@H]3CCc4c(-c5c(C)cnc(OC)c5C)cccc43)ccc21. The van der Waals surface area contributed by atoms with E-state index in [1.807, 2.05) is 24.4 Å². The van der Waals surface area contributed by atoms with Crippen molar-refractivity contribution in [3.63, 3.8) is 0 Å². The molecule has 2 aromatic carbocycles. The zero-order valence-electron chi connectivity index (χ0n) is 20.0. The third-order valence-corrected chi connectivity index (χ3v) is 6.93. The van der Waals surface area contributed by atoms with Gasteiger partial charge in [0.1, 0.15) is 17.6 Å². The molecule has 0 amide bonds. The summed E-state index contributed by atoms with van der Waals surface area (Å²) in [5, 5.41) is 0. The van der Waals surface area contributed by atoms with Crippen LogP contribution in [0.2, 0.25) is 0 Å². The molecule has 5 rings (SSSR count). The Kier molecular flexibility index (Phi) is 5.90. The van der Waals surface area contributed by atoms with Gasteiger partial charge in [0.2, 0.25) is 5.88 Å². The van der Waals surface area contributed by atoms with Crippen LogP contribution in [0.3, 0.4) is 0 Å². The lowest BCUT2D eigenvalue weighted by Gasteiger charge is -2.18. The quantitative estimate of drug-likeness (QED) is 0.455. The first kappa shape index (κ1) is 22.3. The number of aromatic nitrogens is 1. The Morgan fingerprint density at radius 3 is 2.79 bits per heavy atom. The summed E-state index contributed by atoms with van der Waals surface area (Å²) in [6.45, 7) is 4.64. The van der Waals surface area contributed by atoms with Gasteiger partial charge < -0.3 is 18.9 Å². The average Bonchev–Trinajstić information content (AvgIpc) is 3.43. The molecule has 6 heteroatoms. The summed E-state index contributed by atoms with van der Waals surface area (Å²) in [6, 6.07) is 12.4. The molecule has 3 aromatic rings. The van der Waals surface area contributed by atoms with Gasteiger partial charge in [-0.25, -0.2) is 4.98 Å². The maximum atomic E-state index is 11.7. The number of fused-ring (bicyclic) bond motifs is 2. The van der Waals surface area contributed by atoms with E-state index in [0.29, 0.717) is 18.9 Å². The summed E-state index contributed by atoms with van der Waals surface area (Å²) in [5.41, 5.74) is 8.17. The van der Waals surface area contributed by atoms with E-state index in [0.717, 1.165) is 41.0 Å². The largest absolute Gasteiger partial charge is 0.492 e. The van der Waals surface area contributed by atoms with E-state index in [1.54, 1.807) is 7.11 Å². The molecule has 0 radical (unpaired) electrons. The van der Waals surface area contributed by atoms with Gasteiger partial charge in [0.15, 0.2) is 0 Å². The molecule has 34 heavy (non-hydrogen) atoms. The number of carbonyl (C=O) groups is 1. The molecule has 0 unspecified atom stereocenters. The fourth-order valence-corrected chi connectivity index (χ4v) is 5.26. The number of nitrogens with zero attached hydrogens (tertiary/aromatic N) is 1. The summed E-state index contributed by atoms with van der Waals surface area (Å²) >= 11 is 0. The number of rotatable bonds is 6. The molecule has 0 bridgehead atoms. The van der Waals surface area contributed by atoms with E-state index in [9.17, 15) is 4.79 Å². The first-order valence-electron chi connectivity index (χ1n) is 11.6. The molecule has 0 fully saturated rings. The van der Waals surface area contributed by atoms with E-state index in [-0.39, 0.29) is 18.0 Å². The Labute approximate surface area is 199 Å². The van der Waals surface area contributed by atoms with Gasteiger partial charge in [0.25, 0.3) is 0 Å². The lowest BCUT2D eigenvalue weighted by molar-refractivity contribution is -0.141. The monoisotopic (exact) mass is 459 g/mol. The van der Waals surface area contributed by atoms with Crippen LogP contribution in [0.4, 0.5) is 0 Å². The lowest BCUT2D eigenvalue weighted by atomic mass is 9.92. The maximum absolute atomic E-state index is 11.7. The highest BCUT2D eigenvalue weighted by Gasteiger charge is 2.30. The van der Waals surface area contributed by atoms with Gasteiger partial charge in [-0.1, -0.05) is 24.3 Å². The number of esters is 1. The van der Waals surface area contributed by atoms with E-state index in [4.69, 9.17) is 18.9 Å². The highest BCUT2D eigenvalue weighted by molar-refractivity contribution is 5.76. The minimum Gasteiger partial charge on any atom is -0.492 e. The summed E-state index contributed by atoms with van der Waals surface area (Å²) in [4.78, 5) is 16.1. The summed E-state index contributed by atoms with van der Waals surface area (Å²) in [6.07, 6.45) is 4.03. The Hall–Kier alpha value is -3.54. The first-order valence-corrected chi connectivity index (χ1v) is 11.6. The molecular weight excluding hydrogens is 430 g/mol. The van der Waals surface area contributed by atoms with Gasteiger partial charge in [-0.2, -0.15) is 0 Å². The van der Waals surface area contributed by atoms with Gasteiger partial charge in [-0.05, 0) is 60.6 Å². The molecule has 6 nitrogen and oxygen atoms in total. The average molecular weight is 460 g/mol. The van der Waals surface area contributed by atoms with Crippen LogP contribution in [0, 0.1) is 13.8 Å². The predicted molar refractivity (Wildman–Crippen MR) is 129 cm³/mol. The summed E-state index contributed by atoms with van der Waals surface area (Å²) < 4.78 is 22.6. The van der Waals surface area contributed by atoms with Crippen molar-refractivity contribution in [2.75, 3.05) is 20.8 Å². The van der Waals surface area contributed by atoms with Crippen molar-refractivity contribution in [3.05, 3.63) is 70.4 Å². The third-order valence-electron chi connectivity index (χ3n) is 6.93. The maximum Gasteiger partial charge on any atom is 0.306 e. The van der Waals surface area contributed by atoms with Crippen molar-refractivity contribution >= 4 is 5.97 Å². The van der Waals surface area contributed by atoms with E-state index in [2.05, 4.69) is 37.0 Å². The van der Waals surface area contributed by atoms with Crippen molar-refractivity contribution in [3.8, 4) is 28.5 Å². The molecule has 0 saturated carbocycles. The van der Waals surface area contributed by atoms with Crippen molar-refractivity contribution in [1.29, 1.82) is 0 Å². The van der Waals surface area contributed by atoms with Crippen molar-refractivity contribution in [2.24, 2.45) is 0 Å². The number of methoxy groups -OCH3 is 2. The van der Waals surface area contributed by atoms with Crippen LogP contribution in [-0.4, -0.2) is 31.8 Å². The minimum absolute atomic E-state index is 0.0232. The van der Waals surface area contributed by atoms with E-state index >= 15 is 0 Å². The third kappa shape index (κ3) is 3.87. The zero-order chi connectivity index (χ0) is 23.8. The van der Waals surface area contributed by atoms with Crippen LogP contribution in [0.15, 0.2) is 42.6 Å². The second-order valence-corrected chi connectivity index (χ2v) is 8.96.